The number of fused-ring (bicyclic) bond motifs is 1. The van der Waals surface area contributed by atoms with E-state index in [1.54, 1.807) is 11.3 Å². The molecule has 0 amide bonds. The van der Waals surface area contributed by atoms with Crippen molar-refractivity contribution in [1.29, 1.82) is 0 Å². The van der Waals surface area contributed by atoms with Crippen LogP contribution in [0.4, 0.5) is 10.9 Å². The molecule has 1 N–H and O–H groups in total. The average Bonchev–Trinajstić information content (AvgIpc) is 3.52. The van der Waals surface area contributed by atoms with E-state index in [0.29, 0.717) is 6.04 Å². The summed E-state index contributed by atoms with van der Waals surface area (Å²) in [5.74, 6) is 1.07. The lowest BCUT2D eigenvalue weighted by molar-refractivity contribution is 0.271. The van der Waals surface area contributed by atoms with Gasteiger partial charge in [0, 0.05) is 37.8 Å². The summed E-state index contributed by atoms with van der Waals surface area (Å²) in [6.45, 7) is 9.87. The number of anilines is 2. The third-order valence-corrected chi connectivity index (χ3v) is 7.58. The largest absolute Gasteiger partial charge is 0.365 e. The van der Waals surface area contributed by atoms with Crippen molar-refractivity contribution in [2.24, 2.45) is 0 Å². The number of hydrogen-bond acceptors (Lipinski definition) is 6. The molecule has 160 valence electrons. The van der Waals surface area contributed by atoms with Gasteiger partial charge in [-0.1, -0.05) is 62.3 Å². The van der Waals surface area contributed by atoms with Crippen LogP contribution in [0.25, 0.3) is 16.2 Å². The van der Waals surface area contributed by atoms with Crippen LogP contribution < -0.4 is 10.2 Å². The van der Waals surface area contributed by atoms with Crippen LogP contribution in [-0.2, 0) is 6.42 Å². The van der Waals surface area contributed by atoms with Gasteiger partial charge in [-0.25, -0.2) is 4.98 Å². The Morgan fingerprint density at radius 1 is 1.03 bits per heavy atom. The van der Waals surface area contributed by atoms with Crippen LogP contribution >= 0.6 is 11.3 Å². The second kappa shape index (κ2) is 8.55. The first-order valence-corrected chi connectivity index (χ1v) is 12.3. The van der Waals surface area contributed by atoms with Crippen molar-refractivity contribution < 1.29 is 0 Å². The molecule has 0 radical (unpaired) electrons. The van der Waals surface area contributed by atoms with Crippen molar-refractivity contribution in [2.75, 3.05) is 42.9 Å². The van der Waals surface area contributed by atoms with Gasteiger partial charge in [0.1, 0.15) is 5.69 Å². The zero-order chi connectivity index (χ0) is 20.5. The molecule has 30 heavy (non-hydrogen) atoms. The summed E-state index contributed by atoms with van der Waals surface area (Å²) in [4.78, 5) is 10.9. The van der Waals surface area contributed by atoms with Gasteiger partial charge in [-0.15, -0.1) is 5.10 Å². The lowest BCUT2D eigenvalue weighted by atomic mass is 10.1. The van der Waals surface area contributed by atoms with Gasteiger partial charge in [-0.3, -0.25) is 0 Å². The quantitative estimate of drug-likeness (QED) is 0.631. The molecule has 3 aromatic rings. The Hall–Kier alpha value is -2.12. The number of imidazole rings is 1. The van der Waals surface area contributed by atoms with Crippen molar-refractivity contribution in [2.45, 2.75) is 52.0 Å². The van der Waals surface area contributed by atoms with E-state index in [2.05, 4.69) is 57.7 Å². The molecule has 1 saturated carbocycles. The summed E-state index contributed by atoms with van der Waals surface area (Å²) in [6, 6.07) is 9.37. The number of nitrogens with one attached hydrogen (secondary N) is 1. The SMILES string of the molecule is CCc1ccc(-c2nc3sc(N4CCN(CC)CC4)nn3c2NC2CCCC2)cc1. The van der Waals surface area contributed by atoms with Crippen molar-refractivity contribution in [3.05, 3.63) is 29.8 Å². The lowest BCUT2D eigenvalue weighted by Gasteiger charge is -2.33. The molecule has 2 aromatic heterocycles. The van der Waals surface area contributed by atoms with E-state index in [4.69, 9.17) is 10.1 Å². The molecule has 1 saturated heterocycles. The van der Waals surface area contributed by atoms with Crippen LogP contribution in [0.3, 0.4) is 0 Å². The Kier molecular flexibility index (Phi) is 5.65. The first-order chi connectivity index (χ1) is 14.7. The summed E-state index contributed by atoms with van der Waals surface area (Å²) in [7, 11) is 0. The summed E-state index contributed by atoms with van der Waals surface area (Å²) in [6.07, 6.45) is 6.14. The van der Waals surface area contributed by atoms with Gasteiger partial charge in [0.15, 0.2) is 5.82 Å². The van der Waals surface area contributed by atoms with Crippen LogP contribution in [0, 0.1) is 0 Å². The maximum absolute atomic E-state index is 5.05. The van der Waals surface area contributed by atoms with Crippen LogP contribution in [0.1, 0.15) is 45.1 Å². The Labute approximate surface area is 182 Å². The molecule has 0 spiro atoms. The molecule has 1 aliphatic carbocycles. The fraction of sp³-hybridized carbons (Fsp3) is 0.565. The topological polar surface area (TPSA) is 48.7 Å². The van der Waals surface area contributed by atoms with E-state index < -0.39 is 0 Å². The predicted molar refractivity (Wildman–Crippen MR) is 126 cm³/mol. The summed E-state index contributed by atoms with van der Waals surface area (Å²) < 4.78 is 2.06. The number of piperazine rings is 1. The number of nitrogens with zero attached hydrogens (tertiary/aromatic N) is 5. The van der Waals surface area contributed by atoms with Gasteiger partial charge in [0.2, 0.25) is 10.1 Å². The third-order valence-electron chi connectivity index (χ3n) is 6.61. The number of hydrogen-bond donors (Lipinski definition) is 1. The Balaban J connectivity index is 1.49. The normalized spacial score (nSPS) is 18.5. The molecule has 0 atom stereocenters. The molecule has 7 heteroatoms. The highest BCUT2D eigenvalue weighted by Gasteiger charge is 2.25. The van der Waals surface area contributed by atoms with Crippen molar-refractivity contribution in [3.8, 4) is 11.3 Å². The highest BCUT2D eigenvalue weighted by atomic mass is 32.1. The van der Waals surface area contributed by atoms with Crippen molar-refractivity contribution in [1.82, 2.24) is 19.5 Å². The lowest BCUT2D eigenvalue weighted by Crippen LogP contribution is -2.46. The minimum atomic E-state index is 0.525. The molecule has 1 aromatic carbocycles. The van der Waals surface area contributed by atoms with Gasteiger partial charge in [0.25, 0.3) is 0 Å². The van der Waals surface area contributed by atoms with E-state index in [0.717, 1.165) is 60.7 Å². The van der Waals surface area contributed by atoms with Gasteiger partial charge >= 0.3 is 0 Å². The fourth-order valence-corrected chi connectivity index (χ4v) is 5.57. The Morgan fingerprint density at radius 2 is 1.77 bits per heavy atom. The molecule has 6 nitrogen and oxygen atoms in total. The molecule has 1 aliphatic heterocycles. The standard InChI is InChI=1S/C23H32N6S/c1-3-17-9-11-18(12-10-17)20-21(24-19-7-5-6-8-19)29-22(25-20)30-23(26-29)28-15-13-27(4-2)14-16-28/h9-12,19,24H,3-8,13-16H2,1-2H3. The van der Waals surface area contributed by atoms with E-state index >= 15 is 0 Å². The van der Waals surface area contributed by atoms with Crippen LogP contribution in [0.15, 0.2) is 24.3 Å². The first kappa shape index (κ1) is 19.8. The third kappa shape index (κ3) is 3.81. The zero-order valence-electron chi connectivity index (χ0n) is 18.1. The van der Waals surface area contributed by atoms with Crippen molar-refractivity contribution >= 4 is 27.2 Å². The number of likely N-dealkylation sites (N-methyl/N-ethyl adjacent to an activating group) is 1. The Morgan fingerprint density at radius 3 is 2.43 bits per heavy atom. The van der Waals surface area contributed by atoms with E-state index in [9.17, 15) is 0 Å². The Bertz CT molecular complexity index is 977. The van der Waals surface area contributed by atoms with E-state index in [1.165, 1.54) is 36.8 Å². The van der Waals surface area contributed by atoms with Gasteiger partial charge < -0.3 is 15.1 Å². The highest BCUT2D eigenvalue weighted by molar-refractivity contribution is 7.20. The summed E-state index contributed by atoms with van der Waals surface area (Å²) in [5, 5.41) is 9.93. The molecule has 3 heterocycles. The van der Waals surface area contributed by atoms with E-state index in [-0.39, 0.29) is 0 Å². The molecule has 0 bridgehead atoms. The van der Waals surface area contributed by atoms with Crippen LogP contribution in [0.5, 0.6) is 0 Å². The van der Waals surface area contributed by atoms with Crippen LogP contribution in [-0.4, -0.2) is 58.3 Å². The molecular weight excluding hydrogens is 392 g/mol. The molecule has 2 fully saturated rings. The second-order valence-electron chi connectivity index (χ2n) is 8.49. The summed E-state index contributed by atoms with van der Waals surface area (Å²) >= 11 is 1.72. The van der Waals surface area contributed by atoms with Crippen molar-refractivity contribution in [3.63, 3.8) is 0 Å². The minimum Gasteiger partial charge on any atom is -0.365 e. The monoisotopic (exact) mass is 424 g/mol. The number of aromatic nitrogens is 3. The average molecular weight is 425 g/mol. The second-order valence-corrected chi connectivity index (χ2v) is 9.42. The summed E-state index contributed by atoms with van der Waals surface area (Å²) in [5.41, 5.74) is 3.56. The highest BCUT2D eigenvalue weighted by Crippen LogP contribution is 2.35. The zero-order valence-corrected chi connectivity index (χ0v) is 18.9. The van der Waals surface area contributed by atoms with Gasteiger partial charge in [-0.05, 0) is 31.4 Å². The number of benzene rings is 1. The van der Waals surface area contributed by atoms with Gasteiger partial charge in [0.05, 0.1) is 0 Å². The smallest absolute Gasteiger partial charge is 0.216 e. The van der Waals surface area contributed by atoms with Crippen LogP contribution in [0.2, 0.25) is 0 Å². The minimum absolute atomic E-state index is 0.525. The number of aryl methyl sites for hydroxylation is 1. The maximum Gasteiger partial charge on any atom is 0.216 e. The van der Waals surface area contributed by atoms with E-state index in [1.807, 2.05) is 0 Å². The first-order valence-electron chi connectivity index (χ1n) is 11.5. The maximum atomic E-state index is 5.05. The molecule has 0 unspecified atom stereocenters. The number of rotatable bonds is 6. The van der Waals surface area contributed by atoms with Gasteiger partial charge in [-0.2, -0.15) is 4.52 Å². The molecular formula is C23H32N6S. The molecule has 2 aliphatic rings. The molecule has 5 rings (SSSR count). The fourth-order valence-electron chi connectivity index (χ4n) is 4.61. The predicted octanol–water partition coefficient (Wildman–Crippen LogP) is 4.52.